The van der Waals surface area contributed by atoms with Crippen LogP contribution in [0.15, 0.2) is 34.0 Å². The number of aromatic nitrogens is 2. The quantitative estimate of drug-likeness (QED) is 0.499. The molecule has 4 rings (SSSR count). The number of esters is 1. The normalized spacial score (nSPS) is 26.9. The smallest absolute Gasteiger partial charge is 0.460 e. The molecule has 0 bridgehead atoms. The molecule has 11 nitrogen and oxygen atoms in total. The van der Waals surface area contributed by atoms with Gasteiger partial charge in [0.15, 0.2) is 0 Å². The van der Waals surface area contributed by atoms with E-state index in [2.05, 4.69) is 4.98 Å². The third kappa shape index (κ3) is 4.82. The largest absolute Gasteiger partial charge is 0.530 e. The van der Waals surface area contributed by atoms with Gasteiger partial charge in [0.25, 0.3) is 5.56 Å². The molecule has 1 aromatic carbocycles. The summed E-state index contributed by atoms with van der Waals surface area (Å²) in [5.41, 5.74) is -0.248. The number of hydrogen-bond acceptors (Lipinski definition) is 9. The van der Waals surface area contributed by atoms with Crippen molar-refractivity contribution in [2.45, 2.75) is 45.3 Å². The van der Waals surface area contributed by atoms with Crippen molar-refractivity contribution in [3.05, 3.63) is 61.4 Å². The zero-order valence-electron chi connectivity index (χ0n) is 17.1. The van der Waals surface area contributed by atoms with Crippen molar-refractivity contribution in [2.24, 2.45) is 0 Å². The van der Waals surface area contributed by atoms with E-state index >= 15 is 0 Å². The minimum Gasteiger partial charge on any atom is -0.460 e. The van der Waals surface area contributed by atoms with Crippen LogP contribution in [-0.2, 0) is 34.5 Å². The van der Waals surface area contributed by atoms with E-state index in [1.807, 2.05) is 0 Å². The highest BCUT2D eigenvalue weighted by Crippen LogP contribution is 2.55. The number of nitrogens with zero attached hydrogens (tertiary/aromatic N) is 1. The van der Waals surface area contributed by atoms with Crippen LogP contribution in [0.4, 0.5) is 0 Å². The first kappa shape index (κ1) is 22.8. The molecule has 0 aliphatic carbocycles. The monoisotopic (exact) mass is 486 g/mol. The van der Waals surface area contributed by atoms with Gasteiger partial charge in [0, 0.05) is 35.7 Å². The number of hydrogen-bond donors (Lipinski definition) is 1. The maximum absolute atomic E-state index is 12.9. The van der Waals surface area contributed by atoms with Crippen LogP contribution < -0.4 is 15.8 Å². The van der Waals surface area contributed by atoms with E-state index in [4.69, 9.17) is 34.6 Å². The Hall–Kier alpha value is -2.43. The molecular formula is C19H20ClN2O9P. The summed E-state index contributed by atoms with van der Waals surface area (Å²) in [5, 5.41) is 0.482. The molecule has 172 valence electrons. The minimum absolute atomic E-state index is 0.0270. The van der Waals surface area contributed by atoms with Gasteiger partial charge in [0.1, 0.15) is 24.2 Å². The van der Waals surface area contributed by atoms with Crippen LogP contribution in [0.3, 0.4) is 0 Å². The summed E-state index contributed by atoms with van der Waals surface area (Å²) in [7, 11) is -3.97. The average Bonchev–Trinajstić information content (AvgIpc) is 3.11. The first-order chi connectivity index (χ1) is 15.1. The second-order valence-electron chi connectivity index (χ2n) is 7.35. The molecule has 0 amide bonds. The second-order valence-corrected chi connectivity index (χ2v) is 9.38. The molecular weight excluding hydrogens is 467 g/mol. The van der Waals surface area contributed by atoms with Crippen molar-refractivity contribution in [1.82, 2.24) is 9.55 Å². The molecule has 2 aromatic rings. The summed E-state index contributed by atoms with van der Waals surface area (Å²) in [6.45, 7) is 2.45. The maximum Gasteiger partial charge on any atom is 0.530 e. The van der Waals surface area contributed by atoms with Gasteiger partial charge in [-0.25, -0.2) is 9.36 Å². The number of nitrogens with one attached hydrogen (secondary N) is 1. The van der Waals surface area contributed by atoms with Crippen LogP contribution in [0.25, 0.3) is 0 Å². The van der Waals surface area contributed by atoms with Gasteiger partial charge in [-0.15, -0.1) is 0 Å². The van der Waals surface area contributed by atoms with Gasteiger partial charge in [0.05, 0.1) is 13.2 Å². The number of ether oxygens (including phenoxy) is 2. The Balaban J connectivity index is 1.49. The Kier molecular flexibility index (Phi) is 6.28. The summed E-state index contributed by atoms with van der Waals surface area (Å²) in [5.74, 6) is -0.238. The Bertz CT molecular complexity index is 1210. The van der Waals surface area contributed by atoms with E-state index in [1.54, 1.807) is 25.1 Å². The summed E-state index contributed by atoms with van der Waals surface area (Å²) >= 11 is 5.93. The fourth-order valence-corrected chi connectivity index (χ4v) is 4.85. The number of aromatic amines is 1. The van der Waals surface area contributed by atoms with Gasteiger partial charge < -0.3 is 14.0 Å². The first-order valence-corrected chi connectivity index (χ1v) is 11.5. The van der Waals surface area contributed by atoms with Gasteiger partial charge in [-0.2, -0.15) is 0 Å². The molecule has 1 fully saturated rings. The number of fused-ring (bicyclic) bond motifs is 1. The number of halogens is 1. The molecule has 1 aromatic heterocycles. The van der Waals surface area contributed by atoms with Gasteiger partial charge in [-0.1, -0.05) is 11.6 Å². The van der Waals surface area contributed by atoms with Crippen molar-refractivity contribution in [3.8, 4) is 5.75 Å². The Morgan fingerprint density at radius 2 is 2.16 bits per heavy atom. The van der Waals surface area contributed by atoms with E-state index in [9.17, 15) is 18.9 Å². The van der Waals surface area contributed by atoms with Crippen LogP contribution in [0.5, 0.6) is 5.75 Å². The standard InChI is InChI=1S/C19H20ClN2O9P/c1-10-7-22(19(25)21-18(10)24)17-6-15(29-11(2)23)16(30-17)9-28-32(26)27-8-12-5-13(20)3-4-14(12)31-32/h3-5,7,15-17H,6,8-9H2,1-2H3,(H,21,24,25). The van der Waals surface area contributed by atoms with Crippen LogP contribution in [0.2, 0.25) is 5.02 Å². The SMILES string of the molecule is CC(=O)OC1CC(n2cc(C)c(=O)[nH]c2=O)OC1COP1(=O)OCc2cc(Cl)ccc2O1. The molecule has 13 heteroatoms. The number of aryl methyl sites for hydroxylation is 1. The van der Waals surface area contributed by atoms with Crippen molar-refractivity contribution in [2.75, 3.05) is 6.61 Å². The number of rotatable bonds is 5. The lowest BCUT2D eigenvalue weighted by atomic mass is 10.2. The predicted molar refractivity (Wildman–Crippen MR) is 111 cm³/mol. The number of carbonyl (C=O) groups excluding carboxylic acids is 1. The van der Waals surface area contributed by atoms with E-state index in [0.29, 0.717) is 21.9 Å². The van der Waals surface area contributed by atoms with Crippen LogP contribution in [-0.4, -0.2) is 34.3 Å². The Labute approximate surface area is 186 Å². The zero-order valence-corrected chi connectivity index (χ0v) is 18.8. The highest BCUT2D eigenvalue weighted by Gasteiger charge is 2.42. The van der Waals surface area contributed by atoms with Crippen molar-refractivity contribution in [3.63, 3.8) is 0 Å². The van der Waals surface area contributed by atoms with Gasteiger partial charge in [-0.3, -0.25) is 28.2 Å². The summed E-state index contributed by atoms with van der Waals surface area (Å²) < 4.78 is 41.3. The van der Waals surface area contributed by atoms with Gasteiger partial charge in [0.2, 0.25) is 0 Å². The number of phosphoric acid groups is 1. The molecule has 2 aliphatic heterocycles. The van der Waals surface area contributed by atoms with E-state index in [0.717, 1.165) is 0 Å². The van der Waals surface area contributed by atoms with Crippen molar-refractivity contribution >= 4 is 25.4 Å². The summed E-state index contributed by atoms with van der Waals surface area (Å²) in [4.78, 5) is 37.6. The minimum atomic E-state index is -3.97. The summed E-state index contributed by atoms with van der Waals surface area (Å²) in [6.07, 6.45) is -1.02. The molecule has 1 saturated heterocycles. The molecule has 32 heavy (non-hydrogen) atoms. The highest BCUT2D eigenvalue weighted by molar-refractivity contribution is 7.49. The van der Waals surface area contributed by atoms with Crippen LogP contribution in [0.1, 0.15) is 30.7 Å². The Morgan fingerprint density at radius 3 is 2.91 bits per heavy atom. The topological polar surface area (TPSA) is 135 Å². The molecule has 4 atom stereocenters. The molecule has 0 saturated carbocycles. The third-order valence-corrected chi connectivity index (χ3v) is 6.53. The number of benzene rings is 1. The number of phosphoric ester groups is 1. The van der Waals surface area contributed by atoms with Crippen molar-refractivity contribution in [1.29, 1.82) is 0 Å². The molecule has 2 aliphatic rings. The fourth-order valence-electron chi connectivity index (χ4n) is 3.43. The molecule has 4 unspecified atom stereocenters. The van der Waals surface area contributed by atoms with Crippen molar-refractivity contribution < 1.29 is 32.4 Å². The molecule has 0 spiro atoms. The van der Waals surface area contributed by atoms with Gasteiger partial charge >= 0.3 is 19.5 Å². The predicted octanol–water partition coefficient (Wildman–Crippen LogP) is 2.45. The maximum atomic E-state index is 12.9. The van der Waals surface area contributed by atoms with Gasteiger partial charge in [-0.05, 0) is 25.1 Å². The first-order valence-electron chi connectivity index (χ1n) is 9.65. The lowest BCUT2D eigenvalue weighted by molar-refractivity contribution is -0.150. The average molecular weight is 487 g/mol. The molecule has 0 radical (unpaired) electrons. The third-order valence-electron chi connectivity index (χ3n) is 4.96. The number of carbonyl (C=O) groups is 1. The molecule has 3 heterocycles. The van der Waals surface area contributed by atoms with E-state index < -0.39 is 43.5 Å². The Morgan fingerprint density at radius 1 is 1.38 bits per heavy atom. The highest BCUT2D eigenvalue weighted by atomic mass is 35.5. The zero-order chi connectivity index (χ0) is 23.0. The van der Waals surface area contributed by atoms with Crippen LogP contribution in [0, 0.1) is 6.92 Å². The fraction of sp³-hybridized carbons (Fsp3) is 0.421. The van der Waals surface area contributed by atoms with E-state index in [-0.39, 0.29) is 19.6 Å². The molecule has 1 N–H and O–H groups in total. The van der Waals surface area contributed by atoms with Crippen LogP contribution >= 0.6 is 19.4 Å². The second kappa shape index (κ2) is 8.84. The summed E-state index contributed by atoms with van der Waals surface area (Å²) in [6, 6.07) is 4.78. The van der Waals surface area contributed by atoms with E-state index in [1.165, 1.54) is 17.7 Å². The number of H-pyrrole nitrogens is 1. The lowest BCUT2D eigenvalue weighted by Gasteiger charge is -2.26. The lowest BCUT2D eigenvalue weighted by Crippen LogP contribution is -2.33.